The normalized spacial score (nSPS) is 10.4. The molecular formula is C10H9ClN2S. The van der Waals surface area contributed by atoms with Gasteiger partial charge in [0.25, 0.3) is 0 Å². The molecule has 2 nitrogen and oxygen atoms in total. The average molecular weight is 225 g/mol. The van der Waals surface area contributed by atoms with Gasteiger partial charge in [0, 0.05) is 22.8 Å². The van der Waals surface area contributed by atoms with Gasteiger partial charge in [0.1, 0.15) is 10.2 Å². The van der Waals surface area contributed by atoms with Gasteiger partial charge in [0.05, 0.1) is 0 Å². The van der Waals surface area contributed by atoms with Crippen LogP contribution in [0.15, 0.2) is 24.5 Å². The Bertz CT molecular complexity index is 425. The Morgan fingerprint density at radius 3 is 2.93 bits per heavy atom. The maximum absolute atomic E-state index is 5.97. The van der Waals surface area contributed by atoms with Gasteiger partial charge in [-0.2, -0.15) is 0 Å². The van der Waals surface area contributed by atoms with E-state index in [1.54, 1.807) is 23.7 Å². The summed E-state index contributed by atoms with van der Waals surface area (Å²) in [5, 5.41) is 1.57. The van der Waals surface area contributed by atoms with Crippen LogP contribution in [-0.2, 0) is 6.42 Å². The van der Waals surface area contributed by atoms with Crippen molar-refractivity contribution in [1.29, 1.82) is 0 Å². The second kappa shape index (κ2) is 4.07. The topological polar surface area (TPSA) is 25.8 Å². The minimum Gasteiger partial charge on any atom is -0.264 e. The van der Waals surface area contributed by atoms with E-state index < -0.39 is 0 Å². The number of rotatable bonds is 2. The number of aryl methyl sites for hydroxylation is 1. The largest absolute Gasteiger partial charge is 0.264 e. The predicted octanol–water partition coefficient (Wildman–Crippen LogP) is 3.42. The summed E-state index contributed by atoms with van der Waals surface area (Å²) in [6, 6.07) is 3.89. The third kappa shape index (κ3) is 1.79. The Hall–Kier alpha value is -0.930. The molecular weight excluding hydrogens is 216 g/mol. The average Bonchev–Trinajstić information content (AvgIpc) is 2.61. The molecule has 2 heterocycles. The van der Waals surface area contributed by atoms with Crippen LogP contribution in [0.3, 0.4) is 0 Å². The number of aromatic nitrogens is 2. The molecule has 0 atom stereocenters. The first-order valence-electron chi connectivity index (χ1n) is 4.37. The summed E-state index contributed by atoms with van der Waals surface area (Å²) < 4.78 is 0. The van der Waals surface area contributed by atoms with E-state index in [1.165, 1.54) is 0 Å². The Morgan fingerprint density at radius 2 is 2.36 bits per heavy atom. The number of halogens is 1. The Kier molecular flexibility index (Phi) is 2.79. The van der Waals surface area contributed by atoms with E-state index in [4.69, 9.17) is 11.6 Å². The van der Waals surface area contributed by atoms with Gasteiger partial charge in [0.2, 0.25) is 0 Å². The van der Waals surface area contributed by atoms with Crippen molar-refractivity contribution in [2.45, 2.75) is 13.3 Å². The SMILES string of the molecule is CCc1sc(-c2cccnc2)nc1Cl. The van der Waals surface area contributed by atoms with E-state index in [0.29, 0.717) is 5.15 Å². The first-order valence-corrected chi connectivity index (χ1v) is 5.56. The minimum atomic E-state index is 0.622. The highest BCUT2D eigenvalue weighted by Gasteiger charge is 2.08. The molecule has 2 aromatic rings. The molecule has 0 bridgehead atoms. The van der Waals surface area contributed by atoms with Crippen LogP contribution in [0, 0.1) is 0 Å². The molecule has 0 radical (unpaired) electrons. The van der Waals surface area contributed by atoms with E-state index >= 15 is 0 Å². The van der Waals surface area contributed by atoms with Crippen molar-refractivity contribution in [3.63, 3.8) is 0 Å². The summed E-state index contributed by atoms with van der Waals surface area (Å²) in [4.78, 5) is 9.48. The zero-order valence-electron chi connectivity index (χ0n) is 7.70. The lowest BCUT2D eigenvalue weighted by Gasteiger charge is -1.91. The maximum atomic E-state index is 5.97. The molecule has 0 unspecified atom stereocenters. The van der Waals surface area contributed by atoms with Crippen LogP contribution in [-0.4, -0.2) is 9.97 Å². The lowest BCUT2D eigenvalue weighted by Crippen LogP contribution is -1.76. The lowest BCUT2D eigenvalue weighted by molar-refractivity contribution is 1.17. The van der Waals surface area contributed by atoms with Gasteiger partial charge >= 0.3 is 0 Å². The molecule has 0 saturated heterocycles. The molecule has 0 N–H and O–H groups in total. The van der Waals surface area contributed by atoms with Crippen LogP contribution in [0.2, 0.25) is 5.15 Å². The number of pyridine rings is 1. The second-order valence-corrected chi connectivity index (χ2v) is 4.27. The quantitative estimate of drug-likeness (QED) is 0.781. The zero-order chi connectivity index (χ0) is 9.97. The zero-order valence-corrected chi connectivity index (χ0v) is 9.27. The molecule has 2 rings (SSSR count). The first-order chi connectivity index (χ1) is 6.81. The van der Waals surface area contributed by atoms with E-state index in [0.717, 1.165) is 21.9 Å². The fourth-order valence-electron chi connectivity index (χ4n) is 1.16. The first kappa shape index (κ1) is 9.62. The Morgan fingerprint density at radius 1 is 1.50 bits per heavy atom. The Labute approximate surface area is 91.6 Å². The van der Waals surface area contributed by atoms with Crippen molar-refractivity contribution >= 4 is 22.9 Å². The van der Waals surface area contributed by atoms with Crippen LogP contribution < -0.4 is 0 Å². The van der Waals surface area contributed by atoms with Gasteiger partial charge in [-0.25, -0.2) is 4.98 Å². The number of hydrogen-bond acceptors (Lipinski definition) is 3. The highest BCUT2D eigenvalue weighted by Crippen LogP contribution is 2.30. The smallest absolute Gasteiger partial charge is 0.143 e. The van der Waals surface area contributed by atoms with Crippen molar-refractivity contribution in [2.75, 3.05) is 0 Å². The summed E-state index contributed by atoms with van der Waals surface area (Å²) in [5.41, 5.74) is 1.03. The molecule has 0 amide bonds. The molecule has 0 saturated carbocycles. The fraction of sp³-hybridized carbons (Fsp3) is 0.200. The molecule has 2 aromatic heterocycles. The van der Waals surface area contributed by atoms with Crippen LogP contribution >= 0.6 is 22.9 Å². The summed E-state index contributed by atoms with van der Waals surface area (Å²) in [7, 11) is 0. The van der Waals surface area contributed by atoms with Crippen molar-refractivity contribution in [1.82, 2.24) is 9.97 Å². The summed E-state index contributed by atoms with van der Waals surface area (Å²) in [5.74, 6) is 0. The number of hydrogen-bond donors (Lipinski definition) is 0. The van der Waals surface area contributed by atoms with E-state index in [1.807, 2.05) is 12.1 Å². The maximum Gasteiger partial charge on any atom is 0.143 e. The lowest BCUT2D eigenvalue weighted by atomic mass is 10.3. The standard InChI is InChI=1S/C10H9ClN2S/c1-2-8-9(11)13-10(14-8)7-4-3-5-12-6-7/h3-6H,2H2,1H3. The van der Waals surface area contributed by atoms with E-state index in [9.17, 15) is 0 Å². The second-order valence-electron chi connectivity index (χ2n) is 2.83. The van der Waals surface area contributed by atoms with Crippen LogP contribution in [0.4, 0.5) is 0 Å². The molecule has 0 aliphatic rings. The van der Waals surface area contributed by atoms with Gasteiger partial charge in [-0.15, -0.1) is 11.3 Å². The van der Waals surface area contributed by atoms with Gasteiger partial charge in [-0.1, -0.05) is 18.5 Å². The molecule has 0 spiro atoms. The molecule has 4 heteroatoms. The number of thiazole rings is 1. The van der Waals surface area contributed by atoms with Gasteiger partial charge in [-0.3, -0.25) is 4.98 Å². The molecule has 0 aromatic carbocycles. The van der Waals surface area contributed by atoms with Gasteiger partial charge in [0.15, 0.2) is 0 Å². The molecule has 0 aliphatic heterocycles. The summed E-state index contributed by atoms with van der Waals surface area (Å²) in [6.07, 6.45) is 4.48. The van der Waals surface area contributed by atoms with Gasteiger partial charge in [-0.05, 0) is 18.6 Å². The van der Waals surface area contributed by atoms with Crippen molar-refractivity contribution in [3.8, 4) is 10.6 Å². The van der Waals surface area contributed by atoms with Crippen LogP contribution in [0.25, 0.3) is 10.6 Å². The fourth-order valence-corrected chi connectivity index (χ4v) is 2.43. The monoisotopic (exact) mass is 224 g/mol. The van der Waals surface area contributed by atoms with Crippen molar-refractivity contribution in [3.05, 3.63) is 34.6 Å². The van der Waals surface area contributed by atoms with Crippen LogP contribution in [0.5, 0.6) is 0 Å². The highest BCUT2D eigenvalue weighted by atomic mass is 35.5. The molecule has 0 aliphatic carbocycles. The van der Waals surface area contributed by atoms with E-state index in [2.05, 4.69) is 16.9 Å². The minimum absolute atomic E-state index is 0.622. The highest BCUT2D eigenvalue weighted by molar-refractivity contribution is 7.15. The summed E-state index contributed by atoms with van der Waals surface area (Å²) >= 11 is 7.60. The third-order valence-corrected chi connectivity index (χ3v) is 3.55. The Balaban J connectivity index is 2.43. The van der Waals surface area contributed by atoms with Crippen molar-refractivity contribution in [2.24, 2.45) is 0 Å². The van der Waals surface area contributed by atoms with Crippen LogP contribution in [0.1, 0.15) is 11.8 Å². The molecule has 72 valence electrons. The predicted molar refractivity (Wildman–Crippen MR) is 59.7 cm³/mol. The summed E-state index contributed by atoms with van der Waals surface area (Å²) in [6.45, 7) is 2.08. The molecule has 0 fully saturated rings. The third-order valence-electron chi connectivity index (χ3n) is 1.88. The van der Waals surface area contributed by atoms with Gasteiger partial charge < -0.3 is 0 Å². The number of nitrogens with zero attached hydrogens (tertiary/aromatic N) is 2. The molecule has 14 heavy (non-hydrogen) atoms. The van der Waals surface area contributed by atoms with Crippen molar-refractivity contribution < 1.29 is 0 Å². The van der Waals surface area contributed by atoms with E-state index in [-0.39, 0.29) is 0 Å².